The molecule has 0 aliphatic rings. The third kappa shape index (κ3) is 21.3. The van der Waals surface area contributed by atoms with E-state index in [2.05, 4.69) is 62.5 Å². The number of nitrogens with zero attached hydrogens (tertiary/aromatic N) is 2. The number of nitrogens with one attached hydrogen (secondary N) is 10. The number of nitrogens with two attached hydrogens (primary N) is 4. The van der Waals surface area contributed by atoms with Crippen LogP contribution >= 0.6 is 0 Å². The van der Waals surface area contributed by atoms with Crippen molar-refractivity contribution in [1.82, 2.24) is 57.5 Å². The molecule has 0 aliphatic carbocycles. The number of unbranched alkanes of at least 4 members (excludes halogenated alkanes) is 2. The van der Waals surface area contributed by atoms with Crippen LogP contribution in [0.15, 0.2) is 78.3 Å². The second-order valence-electron chi connectivity index (χ2n) is 19.1. The summed E-state index contributed by atoms with van der Waals surface area (Å²) in [6.07, 6.45) is 6.81. The van der Waals surface area contributed by atoms with Crippen LogP contribution in [0.25, 0.3) is 10.9 Å². The molecular formula is C53H76N16O10. The summed E-state index contributed by atoms with van der Waals surface area (Å²) in [4.78, 5) is 149. The molecule has 26 heteroatoms. The van der Waals surface area contributed by atoms with Crippen molar-refractivity contribution in [3.05, 3.63) is 90.1 Å². The Balaban J connectivity index is 1.66. The lowest BCUT2D eigenvalue weighted by Crippen LogP contribution is -2.61. The molecule has 8 atom stereocenters. The maximum absolute atomic E-state index is 14.7. The topological polar surface area (TPSA) is 428 Å². The average molecular weight is 1100 g/mol. The molecule has 0 aliphatic heterocycles. The number of amides is 9. The first kappa shape index (κ1) is 62.9. The number of hydrogen-bond donors (Lipinski definition) is 14. The Kier molecular flexibility index (Phi) is 26.1. The Morgan fingerprint density at radius 2 is 1.15 bits per heavy atom. The van der Waals surface area contributed by atoms with E-state index >= 15 is 0 Å². The monoisotopic (exact) mass is 1100 g/mol. The van der Waals surface area contributed by atoms with E-state index in [0.29, 0.717) is 55.3 Å². The smallest absolute Gasteiger partial charge is 0.243 e. The highest BCUT2D eigenvalue weighted by Crippen LogP contribution is 2.20. The number of rotatable bonds is 35. The van der Waals surface area contributed by atoms with Crippen molar-refractivity contribution in [2.45, 2.75) is 146 Å². The molecule has 0 bridgehead atoms. The summed E-state index contributed by atoms with van der Waals surface area (Å²) >= 11 is 0. The molecule has 2 aromatic carbocycles. The maximum atomic E-state index is 14.7. The zero-order valence-corrected chi connectivity index (χ0v) is 44.8. The largest absolute Gasteiger partial charge is 0.370 e. The maximum Gasteiger partial charge on any atom is 0.243 e. The van der Waals surface area contributed by atoms with Crippen LogP contribution in [0, 0.1) is 0 Å². The van der Waals surface area contributed by atoms with Crippen LogP contribution in [0.1, 0.15) is 95.4 Å². The minimum absolute atomic E-state index is 0.0315. The molecule has 2 aromatic heterocycles. The predicted octanol–water partition coefficient (Wildman–Crippen LogP) is -1.72. The van der Waals surface area contributed by atoms with E-state index in [0.717, 1.165) is 10.9 Å². The summed E-state index contributed by atoms with van der Waals surface area (Å²) < 4.78 is 0. The summed E-state index contributed by atoms with van der Waals surface area (Å²) in [5.74, 6) is -7.19. The highest BCUT2D eigenvalue weighted by atomic mass is 16.2. The van der Waals surface area contributed by atoms with Gasteiger partial charge in [-0.05, 0) is 69.2 Å². The fourth-order valence-corrected chi connectivity index (χ4v) is 8.45. The molecule has 0 radical (unpaired) electrons. The Hall–Kier alpha value is -8.68. The fourth-order valence-electron chi connectivity index (χ4n) is 8.45. The number of carbonyl (C=O) groups excluding carboxylic acids is 10. The number of hydrogen-bond acceptors (Lipinski definition) is 13. The fraction of sp³-hybridized carbons (Fsp3) is 0.472. The lowest BCUT2D eigenvalue weighted by atomic mass is 10.0. The van der Waals surface area contributed by atoms with Gasteiger partial charge in [0, 0.05) is 68.1 Å². The standard InChI is InChI=1S/C53H76N16O10/c1-4-5-17-39(63-32(3)71)47(74)66-41(21-24-70)49(76)69-44(27-35-29-58-30-61-35)52(79)67-42(25-33-14-7-6-8-15-33)51(78)65-40(20-13-23-59-53(56)57)48(75)68-43(26-34-28-60-37-18-10-9-16-36(34)37)50(77)62-31(2)46(73)64-38(45(55)72)19-11-12-22-54/h6-10,14-16,18,24,28-31,38-44,60H,4-5,11-13,17,19-23,25-27,54H2,1-3H3,(H2,55,72)(H,58,61)(H,62,77)(H,63,71)(H,64,73)(H,65,78)(H,66,74)(H,67,79)(H,68,75)(H,69,76)(H4,56,57,59)/t31-,38-,39-,40-,41-,42+,43-,44-/m0/s1. The van der Waals surface area contributed by atoms with E-state index in [4.69, 9.17) is 22.9 Å². The van der Waals surface area contributed by atoms with E-state index in [-0.39, 0.29) is 57.5 Å². The lowest BCUT2D eigenvalue weighted by Gasteiger charge is -2.28. The van der Waals surface area contributed by atoms with Crippen LogP contribution in [0.2, 0.25) is 0 Å². The number of carbonyl (C=O) groups is 10. The Labute approximate surface area is 457 Å². The minimum atomic E-state index is -1.48. The molecule has 0 fully saturated rings. The molecule has 9 amide bonds. The summed E-state index contributed by atoms with van der Waals surface area (Å²) in [5.41, 5.74) is 24.7. The van der Waals surface area contributed by atoms with Gasteiger partial charge in [0.25, 0.3) is 0 Å². The Morgan fingerprint density at radius 1 is 0.608 bits per heavy atom. The van der Waals surface area contributed by atoms with Gasteiger partial charge in [-0.3, -0.25) is 48.1 Å². The molecular weight excluding hydrogens is 1020 g/mol. The highest BCUT2D eigenvalue weighted by molar-refractivity contribution is 5.99. The number of H-pyrrole nitrogens is 2. The molecule has 0 saturated carbocycles. The number of para-hydroxylation sites is 1. The van der Waals surface area contributed by atoms with Gasteiger partial charge in [0.1, 0.15) is 54.6 Å². The molecule has 79 heavy (non-hydrogen) atoms. The second-order valence-corrected chi connectivity index (χ2v) is 19.1. The van der Waals surface area contributed by atoms with Gasteiger partial charge in [-0.25, -0.2) is 4.98 Å². The van der Waals surface area contributed by atoms with E-state index in [1.807, 2.05) is 25.1 Å². The third-order valence-corrected chi connectivity index (χ3v) is 12.7. The molecule has 0 unspecified atom stereocenters. The van der Waals surface area contributed by atoms with Crippen molar-refractivity contribution in [3.63, 3.8) is 0 Å². The summed E-state index contributed by atoms with van der Waals surface area (Å²) in [7, 11) is 0. The van der Waals surface area contributed by atoms with E-state index in [1.54, 1.807) is 42.6 Å². The molecule has 4 aromatic rings. The first-order valence-corrected chi connectivity index (χ1v) is 26.3. The number of fused-ring (bicyclic) bond motifs is 1. The van der Waals surface area contributed by atoms with Gasteiger partial charge in [-0.1, -0.05) is 68.3 Å². The molecule has 0 saturated heterocycles. The van der Waals surface area contributed by atoms with Gasteiger partial charge < -0.3 is 80.2 Å². The number of aldehydes is 1. The predicted molar refractivity (Wildman–Crippen MR) is 293 cm³/mol. The van der Waals surface area contributed by atoms with Gasteiger partial charge in [0.05, 0.1) is 6.33 Å². The summed E-state index contributed by atoms with van der Waals surface area (Å²) in [6.45, 7) is 4.94. The molecule has 4 rings (SSSR count). The van der Waals surface area contributed by atoms with Crippen LogP contribution in [0.3, 0.4) is 0 Å². The van der Waals surface area contributed by atoms with Crippen molar-refractivity contribution < 1.29 is 47.9 Å². The van der Waals surface area contributed by atoms with E-state index < -0.39 is 108 Å². The highest BCUT2D eigenvalue weighted by Gasteiger charge is 2.35. The summed E-state index contributed by atoms with van der Waals surface area (Å²) in [6, 6.07) is 5.45. The zero-order chi connectivity index (χ0) is 57.9. The SMILES string of the molecule is CCCC[C@H](NC(C)=O)C(=O)N[C@@H](CC=O)C(=O)N[C@@H](Cc1cnc[nH]1)C(=O)N[C@H](Cc1ccccc1)C(=O)N[C@@H](CCCN=C(N)N)C(=O)N[C@@H](Cc1c[nH]c2ccccc12)C(=O)N[C@@H](C)C(=O)N[C@@H](CCCCN)C(N)=O. The van der Waals surface area contributed by atoms with Crippen LogP contribution in [-0.4, -0.2) is 142 Å². The molecule has 18 N–H and O–H groups in total. The number of primary amides is 1. The minimum Gasteiger partial charge on any atom is -0.370 e. The Bertz CT molecular complexity index is 2690. The third-order valence-electron chi connectivity index (χ3n) is 12.7. The normalized spacial score (nSPS) is 14.0. The number of benzene rings is 2. The molecule has 428 valence electrons. The molecule has 2 heterocycles. The molecule has 0 spiro atoms. The van der Waals surface area contributed by atoms with Gasteiger partial charge >= 0.3 is 0 Å². The number of guanidine groups is 1. The van der Waals surface area contributed by atoms with E-state index in [9.17, 15) is 47.9 Å². The van der Waals surface area contributed by atoms with Crippen LogP contribution in [-0.2, 0) is 67.2 Å². The van der Waals surface area contributed by atoms with Crippen LogP contribution in [0.4, 0.5) is 0 Å². The van der Waals surface area contributed by atoms with Gasteiger partial charge in [0.2, 0.25) is 53.2 Å². The number of imidazole rings is 1. The summed E-state index contributed by atoms with van der Waals surface area (Å²) in [5, 5.41) is 21.9. The van der Waals surface area contributed by atoms with Gasteiger partial charge in [0.15, 0.2) is 5.96 Å². The van der Waals surface area contributed by atoms with Crippen molar-refractivity contribution in [2.75, 3.05) is 13.1 Å². The zero-order valence-electron chi connectivity index (χ0n) is 44.8. The van der Waals surface area contributed by atoms with Crippen LogP contribution < -0.4 is 65.5 Å². The van der Waals surface area contributed by atoms with Gasteiger partial charge in [-0.2, -0.15) is 0 Å². The first-order valence-electron chi connectivity index (χ1n) is 26.3. The number of aliphatic imine (C=N–C) groups is 1. The number of aromatic amines is 2. The lowest BCUT2D eigenvalue weighted by molar-refractivity contribution is -0.136. The van der Waals surface area contributed by atoms with E-state index in [1.165, 1.54) is 26.4 Å². The Morgan fingerprint density at radius 3 is 1.76 bits per heavy atom. The first-order chi connectivity index (χ1) is 37.8. The molecule has 26 nitrogen and oxygen atoms in total. The van der Waals surface area contributed by atoms with Crippen LogP contribution in [0.5, 0.6) is 0 Å². The number of aromatic nitrogens is 3. The van der Waals surface area contributed by atoms with Crippen molar-refractivity contribution in [1.29, 1.82) is 0 Å². The van der Waals surface area contributed by atoms with Gasteiger partial charge in [-0.15, -0.1) is 0 Å². The quantitative estimate of drug-likeness (QED) is 0.0106. The van der Waals surface area contributed by atoms with Crippen molar-refractivity contribution in [3.8, 4) is 0 Å². The van der Waals surface area contributed by atoms with Crippen molar-refractivity contribution >= 4 is 76.3 Å². The second kappa shape index (κ2) is 32.8. The van der Waals surface area contributed by atoms with Crippen molar-refractivity contribution in [2.24, 2.45) is 27.9 Å². The average Bonchev–Trinajstić information content (AvgIpc) is 4.09.